The average molecular weight is 358 g/mol. The molecule has 0 saturated carbocycles. The van der Waals surface area contributed by atoms with Crippen molar-refractivity contribution in [1.82, 2.24) is 0 Å². The van der Waals surface area contributed by atoms with E-state index in [4.69, 9.17) is 0 Å². The molecule has 1 aliphatic carbocycles. The lowest BCUT2D eigenvalue weighted by molar-refractivity contribution is 0.0978. The predicted octanol–water partition coefficient (Wildman–Crippen LogP) is 3.36. The lowest BCUT2D eigenvalue weighted by Crippen LogP contribution is -2.25. The predicted molar refractivity (Wildman–Crippen MR) is 92.9 cm³/mol. The van der Waals surface area contributed by atoms with Crippen molar-refractivity contribution in [1.29, 1.82) is 0 Å². The molecule has 2 aromatic rings. The summed E-state index contributed by atoms with van der Waals surface area (Å²) in [6, 6.07) is 7.90. The Kier molecular flexibility index (Phi) is 4.34. The SMILES string of the molecule is CCCCc1c2c(cc(C)c1S(=O)(=O)O)C(=O)c1ccccc1C2=O. The molecule has 0 aromatic heterocycles. The molecule has 0 unspecified atom stereocenters. The Morgan fingerprint density at radius 3 is 2.16 bits per heavy atom. The van der Waals surface area contributed by atoms with Gasteiger partial charge < -0.3 is 0 Å². The molecule has 130 valence electrons. The van der Waals surface area contributed by atoms with E-state index < -0.39 is 10.1 Å². The van der Waals surface area contributed by atoms with E-state index in [9.17, 15) is 22.6 Å². The van der Waals surface area contributed by atoms with Crippen molar-refractivity contribution in [3.8, 4) is 0 Å². The van der Waals surface area contributed by atoms with Gasteiger partial charge in [0.25, 0.3) is 10.1 Å². The number of carbonyl (C=O) groups excluding carboxylic acids is 2. The van der Waals surface area contributed by atoms with Crippen LogP contribution in [0.25, 0.3) is 0 Å². The Balaban J connectivity index is 2.39. The van der Waals surface area contributed by atoms with Crippen molar-refractivity contribution in [2.75, 3.05) is 0 Å². The summed E-state index contributed by atoms with van der Waals surface area (Å²) in [6.07, 6.45) is 1.73. The number of carbonyl (C=O) groups is 2. The number of unbranched alkanes of at least 4 members (excludes halogenated alkanes) is 1. The van der Waals surface area contributed by atoms with E-state index in [1.54, 1.807) is 24.3 Å². The molecule has 2 aromatic carbocycles. The third-order valence-corrected chi connectivity index (χ3v) is 5.57. The Labute approximate surface area is 146 Å². The first-order valence-electron chi connectivity index (χ1n) is 8.09. The normalized spacial score (nSPS) is 13.6. The molecule has 6 heteroatoms. The first-order valence-corrected chi connectivity index (χ1v) is 9.53. The molecular weight excluding hydrogens is 340 g/mol. The molecular formula is C19H18O5S. The summed E-state index contributed by atoms with van der Waals surface area (Å²) in [5.41, 5.74) is 1.42. The van der Waals surface area contributed by atoms with E-state index in [0.717, 1.165) is 6.42 Å². The minimum atomic E-state index is -4.51. The molecule has 0 bridgehead atoms. The van der Waals surface area contributed by atoms with Crippen molar-refractivity contribution in [3.63, 3.8) is 0 Å². The molecule has 1 aliphatic rings. The second-order valence-electron chi connectivity index (χ2n) is 6.21. The zero-order valence-corrected chi connectivity index (χ0v) is 14.8. The largest absolute Gasteiger partial charge is 0.295 e. The molecule has 0 amide bonds. The van der Waals surface area contributed by atoms with Gasteiger partial charge in [0, 0.05) is 22.3 Å². The summed E-state index contributed by atoms with van der Waals surface area (Å²) in [5.74, 6) is -0.672. The van der Waals surface area contributed by atoms with E-state index in [-0.39, 0.29) is 44.3 Å². The fraction of sp³-hybridized carbons (Fsp3) is 0.263. The highest BCUT2D eigenvalue weighted by atomic mass is 32.2. The van der Waals surface area contributed by atoms with Crippen LogP contribution in [-0.2, 0) is 16.5 Å². The highest BCUT2D eigenvalue weighted by Crippen LogP contribution is 2.35. The van der Waals surface area contributed by atoms with Gasteiger partial charge in [-0.2, -0.15) is 8.42 Å². The molecule has 3 rings (SSSR count). The number of hydrogen-bond donors (Lipinski definition) is 1. The maximum absolute atomic E-state index is 13.0. The van der Waals surface area contributed by atoms with E-state index >= 15 is 0 Å². The minimum Gasteiger partial charge on any atom is -0.289 e. The highest BCUT2D eigenvalue weighted by Gasteiger charge is 2.35. The standard InChI is InChI=1S/C19H18O5S/c1-3-4-7-14-16-15(10-11(2)19(14)25(22,23)24)17(20)12-8-5-6-9-13(12)18(16)21/h5-6,8-10H,3-4,7H2,1-2H3,(H,22,23,24). The molecule has 0 fully saturated rings. The van der Waals surface area contributed by atoms with Gasteiger partial charge in [-0.05, 0) is 37.0 Å². The summed E-state index contributed by atoms with van der Waals surface area (Å²) >= 11 is 0. The van der Waals surface area contributed by atoms with Gasteiger partial charge in [-0.15, -0.1) is 0 Å². The molecule has 25 heavy (non-hydrogen) atoms. The first-order chi connectivity index (χ1) is 11.8. The van der Waals surface area contributed by atoms with Crippen molar-refractivity contribution in [3.05, 3.63) is 63.7 Å². The van der Waals surface area contributed by atoms with Crippen molar-refractivity contribution in [2.45, 2.75) is 38.0 Å². The van der Waals surface area contributed by atoms with Crippen LogP contribution in [-0.4, -0.2) is 24.5 Å². The summed E-state index contributed by atoms with van der Waals surface area (Å²) in [5, 5.41) is 0. The Bertz CT molecular complexity index is 1000. The van der Waals surface area contributed by atoms with Crippen LogP contribution in [0.2, 0.25) is 0 Å². The number of benzene rings is 2. The molecule has 0 atom stereocenters. The summed E-state index contributed by atoms with van der Waals surface area (Å²) < 4.78 is 33.5. The van der Waals surface area contributed by atoms with Crippen LogP contribution in [0.15, 0.2) is 35.2 Å². The van der Waals surface area contributed by atoms with Gasteiger partial charge in [-0.3, -0.25) is 14.1 Å². The number of hydrogen-bond acceptors (Lipinski definition) is 4. The molecule has 0 aliphatic heterocycles. The zero-order chi connectivity index (χ0) is 18.4. The molecule has 1 N–H and O–H groups in total. The third-order valence-electron chi connectivity index (χ3n) is 4.49. The van der Waals surface area contributed by atoms with E-state index in [1.807, 2.05) is 6.92 Å². The summed E-state index contributed by atoms with van der Waals surface area (Å²) in [6.45, 7) is 3.47. The Morgan fingerprint density at radius 2 is 1.60 bits per heavy atom. The van der Waals surface area contributed by atoms with Crippen molar-refractivity contribution < 1.29 is 22.6 Å². The molecule has 0 radical (unpaired) electrons. The van der Waals surface area contributed by atoms with Crippen LogP contribution in [0.4, 0.5) is 0 Å². The van der Waals surface area contributed by atoms with Gasteiger partial charge in [-0.25, -0.2) is 0 Å². The van der Waals surface area contributed by atoms with Crippen LogP contribution in [0.1, 0.15) is 62.7 Å². The quantitative estimate of drug-likeness (QED) is 0.723. The van der Waals surface area contributed by atoms with Gasteiger partial charge in [-0.1, -0.05) is 37.6 Å². The molecule has 0 spiro atoms. The van der Waals surface area contributed by atoms with Gasteiger partial charge in [0.1, 0.15) is 4.90 Å². The van der Waals surface area contributed by atoms with Crippen LogP contribution in [0, 0.1) is 6.92 Å². The lowest BCUT2D eigenvalue weighted by atomic mass is 9.80. The van der Waals surface area contributed by atoms with E-state index in [2.05, 4.69) is 0 Å². The maximum atomic E-state index is 13.0. The van der Waals surface area contributed by atoms with Crippen LogP contribution < -0.4 is 0 Å². The van der Waals surface area contributed by atoms with Gasteiger partial charge in [0.15, 0.2) is 11.6 Å². The van der Waals surface area contributed by atoms with Gasteiger partial charge in [0.05, 0.1) is 0 Å². The number of ketones is 2. The Hall–Kier alpha value is -2.31. The van der Waals surface area contributed by atoms with E-state index in [0.29, 0.717) is 18.4 Å². The second kappa shape index (κ2) is 6.20. The molecule has 0 heterocycles. The number of aryl methyl sites for hydroxylation is 1. The Morgan fingerprint density at radius 1 is 1.00 bits per heavy atom. The van der Waals surface area contributed by atoms with E-state index in [1.165, 1.54) is 13.0 Å². The molecule has 5 nitrogen and oxygen atoms in total. The number of fused-ring (bicyclic) bond motifs is 2. The van der Waals surface area contributed by atoms with Crippen LogP contribution >= 0.6 is 0 Å². The maximum Gasteiger partial charge on any atom is 0.295 e. The van der Waals surface area contributed by atoms with Crippen LogP contribution in [0.3, 0.4) is 0 Å². The second-order valence-corrected chi connectivity index (χ2v) is 7.56. The third kappa shape index (κ3) is 2.81. The van der Waals surface area contributed by atoms with Gasteiger partial charge in [0.2, 0.25) is 0 Å². The monoisotopic (exact) mass is 358 g/mol. The first kappa shape index (κ1) is 17.5. The lowest BCUT2D eigenvalue weighted by Gasteiger charge is -2.23. The summed E-state index contributed by atoms with van der Waals surface area (Å²) in [7, 11) is -4.51. The van der Waals surface area contributed by atoms with Crippen molar-refractivity contribution in [2.24, 2.45) is 0 Å². The fourth-order valence-corrected chi connectivity index (χ4v) is 4.40. The average Bonchev–Trinajstić information content (AvgIpc) is 2.56. The fourth-order valence-electron chi connectivity index (χ4n) is 3.42. The minimum absolute atomic E-state index is 0.107. The summed E-state index contributed by atoms with van der Waals surface area (Å²) in [4.78, 5) is 25.6. The number of rotatable bonds is 4. The van der Waals surface area contributed by atoms with Crippen LogP contribution in [0.5, 0.6) is 0 Å². The van der Waals surface area contributed by atoms with Gasteiger partial charge >= 0.3 is 0 Å². The van der Waals surface area contributed by atoms with Crippen molar-refractivity contribution >= 4 is 21.7 Å². The topological polar surface area (TPSA) is 88.5 Å². The zero-order valence-electron chi connectivity index (χ0n) is 14.0. The molecule has 0 saturated heterocycles. The highest BCUT2D eigenvalue weighted by molar-refractivity contribution is 7.86. The smallest absolute Gasteiger partial charge is 0.289 e.